The standard InChI is InChI=1S/C24H21N3O3S/c1-26(2)15-6-9-18-21(12-15)30-22-13-16(27(3)4)7-10-19(22)23(18)17-8-5-14(25-31)11-20(17)24(28)29/h5-13H,1-4H3/p+1. The lowest BCUT2D eigenvalue weighted by molar-refractivity contribution is 0.0697. The van der Waals surface area contributed by atoms with E-state index in [0.29, 0.717) is 22.6 Å². The Bertz CT molecular complexity index is 1380. The lowest BCUT2D eigenvalue weighted by Crippen LogP contribution is -2.21. The number of carboxylic acid groups (broad SMARTS) is 1. The molecule has 0 fully saturated rings. The van der Waals surface area contributed by atoms with Crippen molar-refractivity contribution in [2.24, 2.45) is 4.36 Å². The molecule has 0 atom stereocenters. The van der Waals surface area contributed by atoms with Gasteiger partial charge in [-0.3, -0.25) is 0 Å². The normalized spacial score (nSPS) is 11.0. The van der Waals surface area contributed by atoms with Crippen molar-refractivity contribution in [1.82, 2.24) is 4.58 Å². The average Bonchev–Trinajstić information content (AvgIpc) is 2.76. The van der Waals surface area contributed by atoms with Crippen molar-refractivity contribution < 1.29 is 14.3 Å². The zero-order valence-electron chi connectivity index (χ0n) is 17.7. The molecule has 156 valence electrons. The number of fused-ring (bicyclic) bond motifs is 2. The van der Waals surface area contributed by atoms with E-state index in [2.05, 4.69) is 4.36 Å². The van der Waals surface area contributed by atoms with Crippen LogP contribution in [0.4, 0.5) is 11.4 Å². The fraction of sp³-hybridized carbons (Fsp3) is 0.167. The maximum absolute atomic E-state index is 12.1. The second kappa shape index (κ2) is 7.92. The van der Waals surface area contributed by atoms with Crippen LogP contribution in [0.5, 0.6) is 0 Å². The van der Waals surface area contributed by atoms with Gasteiger partial charge in [0.15, 0.2) is 0 Å². The Kier molecular flexibility index (Phi) is 5.29. The summed E-state index contributed by atoms with van der Waals surface area (Å²) in [7, 11) is 7.86. The van der Waals surface area contributed by atoms with Gasteiger partial charge >= 0.3 is 5.97 Å². The Balaban J connectivity index is 2.18. The second-order valence-corrected chi connectivity index (χ2v) is 7.94. The van der Waals surface area contributed by atoms with Gasteiger partial charge in [-0.2, -0.15) is 4.36 Å². The van der Waals surface area contributed by atoms with E-state index in [-0.39, 0.29) is 5.56 Å². The van der Waals surface area contributed by atoms with Crippen LogP contribution in [0, 0.1) is 0 Å². The van der Waals surface area contributed by atoms with Gasteiger partial charge in [0, 0.05) is 60.9 Å². The van der Waals surface area contributed by atoms with Crippen LogP contribution in [0.3, 0.4) is 0 Å². The van der Waals surface area contributed by atoms with Crippen LogP contribution in [-0.4, -0.2) is 39.3 Å². The summed E-state index contributed by atoms with van der Waals surface area (Å²) in [6.45, 7) is 0. The molecule has 0 amide bonds. The molecular formula is C24H22N3O3S+. The van der Waals surface area contributed by atoms with Crippen molar-refractivity contribution in [2.75, 3.05) is 33.1 Å². The van der Waals surface area contributed by atoms with Crippen molar-refractivity contribution in [3.63, 3.8) is 0 Å². The van der Waals surface area contributed by atoms with Crippen molar-refractivity contribution in [3.05, 3.63) is 65.5 Å². The number of anilines is 1. The van der Waals surface area contributed by atoms with Crippen molar-refractivity contribution in [2.45, 2.75) is 0 Å². The molecule has 0 spiro atoms. The van der Waals surface area contributed by atoms with Gasteiger partial charge in [-0.1, -0.05) is 6.07 Å². The fourth-order valence-corrected chi connectivity index (χ4v) is 3.81. The summed E-state index contributed by atoms with van der Waals surface area (Å²) in [5.41, 5.74) is 4.49. The Morgan fingerprint density at radius 1 is 1.03 bits per heavy atom. The van der Waals surface area contributed by atoms with E-state index in [4.69, 9.17) is 16.8 Å². The zero-order valence-corrected chi connectivity index (χ0v) is 18.5. The van der Waals surface area contributed by atoms with Gasteiger partial charge in [0.25, 0.3) is 0 Å². The van der Waals surface area contributed by atoms with Crippen LogP contribution in [-0.2, 0) is 12.4 Å². The first-order valence-corrected chi connectivity index (χ1v) is 10.1. The summed E-state index contributed by atoms with van der Waals surface area (Å²) in [5.74, 6) is -0.356. The van der Waals surface area contributed by atoms with E-state index in [1.54, 1.807) is 12.1 Å². The predicted octanol–water partition coefficient (Wildman–Crippen LogP) is 4.36. The summed E-state index contributed by atoms with van der Waals surface area (Å²) in [6, 6.07) is 16.9. The summed E-state index contributed by atoms with van der Waals surface area (Å²) in [4.78, 5) is 14.1. The first-order chi connectivity index (χ1) is 14.8. The van der Waals surface area contributed by atoms with Crippen LogP contribution in [0.25, 0.3) is 33.4 Å². The van der Waals surface area contributed by atoms with E-state index >= 15 is 0 Å². The minimum atomic E-state index is -1.03. The van der Waals surface area contributed by atoms with Crippen LogP contribution >= 0.6 is 0 Å². The van der Waals surface area contributed by atoms with Gasteiger partial charge in [0.1, 0.15) is 25.4 Å². The minimum Gasteiger partial charge on any atom is -0.478 e. The molecule has 1 aliphatic carbocycles. The highest BCUT2D eigenvalue weighted by Gasteiger charge is 2.22. The molecule has 1 heterocycles. The van der Waals surface area contributed by atoms with Gasteiger partial charge in [-0.05, 0) is 35.9 Å². The number of nitrogens with zero attached hydrogens (tertiary/aromatic N) is 3. The molecule has 2 aromatic rings. The summed E-state index contributed by atoms with van der Waals surface area (Å²) >= 11 is 4.76. The molecule has 7 heteroatoms. The van der Waals surface area contributed by atoms with Gasteiger partial charge in [-0.25, -0.2) is 9.37 Å². The maximum atomic E-state index is 12.1. The molecule has 1 aliphatic heterocycles. The number of hydrogen-bond donors (Lipinski definition) is 1. The van der Waals surface area contributed by atoms with Crippen molar-refractivity contribution >= 4 is 40.7 Å². The molecule has 0 bridgehead atoms. The molecule has 0 saturated carbocycles. The van der Waals surface area contributed by atoms with Crippen LogP contribution in [0.2, 0.25) is 0 Å². The lowest BCUT2D eigenvalue weighted by atomic mass is 9.90. The number of hydrogen-bond acceptors (Lipinski definition) is 5. The SMILES string of the molecule is CN(C)c1ccc2c(-c3ccc(N=S)cc3C(=O)O)c3ccc(=[N+](C)C)cc-3oc2c1. The van der Waals surface area contributed by atoms with E-state index in [1.165, 1.54) is 6.07 Å². The molecule has 31 heavy (non-hydrogen) atoms. The first-order valence-electron chi connectivity index (χ1n) is 9.69. The predicted molar refractivity (Wildman–Crippen MR) is 126 cm³/mol. The Morgan fingerprint density at radius 2 is 1.77 bits per heavy atom. The number of aromatic carboxylic acids is 1. The molecule has 1 N–H and O–H groups in total. The van der Waals surface area contributed by atoms with Gasteiger partial charge < -0.3 is 14.4 Å². The van der Waals surface area contributed by atoms with Crippen molar-refractivity contribution in [3.8, 4) is 22.5 Å². The first kappa shape index (κ1) is 20.7. The highest BCUT2D eigenvalue weighted by Crippen LogP contribution is 2.42. The second-order valence-electron chi connectivity index (χ2n) is 7.75. The summed E-state index contributed by atoms with van der Waals surface area (Å²) < 4.78 is 12.0. The molecule has 2 aliphatic rings. The van der Waals surface area contributed by atoms with Gasteiger partial charge in [0.2, 0.25) is 5.36 Å². The molecular weight excluding hydrogens is 410 g/mol. The molecule has 6 nitrogen and oxygen atoms in total. The molecule has 0 aromatic heterocycles. The fourth-order valence-electron chi connectivity index (χ4n) is 3.70. The number of carboxylic acids is 1. The Labute approximate surface area is 185 Å². The third kappa shape index (κ3) is 3.68. The Morgan fingerprint density at radius 3 is 2.42 bits per heavy atom. The molecule has 0 unspecified atom stereocenters. The topological polar surface area (TPSA) is 69.1 Å². The molecule has 0 saturated heterocycles. The highest BCUT2D eigenvalue weighted by molar-refractivity contribution is 7.47. The average molecular weight is 433 g/mol. The summed E-state index contributed by atoms with van der Waals surface area (Å²) in [6.07, 6.45) is 0. The third-order valence-corrected chi connectivity index (χ3v) is 5.54. The van der Waals surface area contributed by atoms with Crippen LogP contribution in [0.15, 0.2) is 63.4 Å². The lowest BCUT2D eigenvalue weighted by Gasteiger charge is -2.19. The van der Waals surface area contributed by atoms with E-state index < -0.39 is 5.97 Å². The monoisotopic (exact) mass is 432 g/mol. The zero-order chi connectivity index (χ0) is 22.3. The molecule has 2 aromatic carbocycles. The largest absolute Gasteiger partial charge is 0.478 e. The van der Waals surface area contributed by atoms with Gasteiger partial charge in [-0.15, -0.1) is 0 Å². The maximum Gasteiger partial charge on any atom is 0.336 e. The summed E-state index contributed by atoms with van der Waals surface area (Å²) in [5, 5.41) is 11.7. The van der Waals surface area contributed by atoms with E-state index in [9.17, 15) is 9.90 Å². The highest BCUT2D eigenvalue weighted by atomic mass is 32.1. The number of benzene rings is 3. The number of carbonyl (C=O) groups is 1. The van der Waals surface area contributed by atoms with Crippen molar-refractivity contribution in [1.29, 1.82) is 0 Å². The molecule has 0 radical (unpaired) electrons. The minimum absolute atomic E-state index is 0.147. The quantitative estimate of drug-likeness (QED) is 0.383. The van der Waals surface area contributed by atoms with E-state index in [1.807, 2.05) is 74.1 Å². The van der Waals surface area contributed by atoms with E-state index in [0.717, 1.165) is 27.6 Å². The Hall–Kier alpha value is -3.58. The third-order valence-electron chi connectivity index (χ3n) is 5.33. The number of rotatable bonds is 4. The van der Waals surface area contributed by atoms with Crippen LogP contribution < -0.4 is 14.8 Å². The smallest absolute Gasteiger partial charge is 0.336 e. The van der Waals surface area contributed by atoms with Crippen LogP contribution in [0.1, 0.15) is 10.4 Å². The molecule has 4 rings (SSSR count). The van der Waals surface area contributed by atoms with Gasteiger partial charge in [0.05, 0.1) is 17.3 Å².